The van der Waals surface area contributed by atoms with Crippen molar-refractivity contribution in [2.75, 3.05) is 19.6 Å². The van der Waals surface area contributed by atoms with Gasteiger partial charge in [-0.25, -0.2) is 0 Å². The van der Waals surface area contributed by atoms with Gasteiger partial charge in [0, 0.05) is 36.2 Å². The van der Waals surface area contributed by atoms with Crippen molar-refractivity contribution in [1.82, 2.24) is 10.2 Å². The van der Waals surface area contributed by atoms with Crippen LogP contribution in [0.25, 0.3) is 0 Å². The molecule has 0 aromatic heterocycles. The SMILES string of the molecule is CC(c1cccc(Cl)c1)N1CCNC2(CCCC2)C1. The second kappa shape index (κ2) is 5.43. The van der Waals surface area contributed by atoms with E-state index in [9.17, 15) is 0 Å². The summed E-state index contributed by atoms with van der Waals surface area (Å²) in [6, 6.07) is 8.77. The maximum atomic E-state index is 6.12. The Labute approximate surface area is 121 Å². The van der Waals surface area contributed by atoms with Gasteiger partial charge in [-0.15, -0.1) is 0 Å². The first-order valence-corrected chi connectivity index (χ1v) is 7.81. The second-order valence-corrected chi connectivity index (χ2v) is 6.55. The number of hydrogen-bond acceptors (Lipinski definition) is 2. The lowest BCUT2D eigenvalue weighted by Gasteiger charge is -2.44. The zero-order chi connectivity index (χ0) is 13.3. The molecule has 1 aromatic rings. The second-order valence-electron chi connectivity index (χ2n) is 6.12. The number of nitrogens with zero attached hydrogens (tertiary/aromatic N) is 1. The van der Waals surface area contributed by atoms with Crippen LogP contribution in [0.2, 0.25) is 5.02 Å². The van der Waals surface area contributed by atoms with Crippen molar-refractivity contribution in [3.63, 3.8) is 0 Å². The van der Waals surface area contributed by atoms with Gasteiger partial charge in [0.15, 0.2) is 0 Å². The quantitative estimate of drug-likeness (QED) is 0.889. The van der Waals surface area contributed by atoms with Crippen molar-refractivity contribution in [3.8, 4) is 0 Å². The van der Waals surface area contributed by atoms with Gasteiger partial charge >= 0.3 is 0 Å². The van der Waals surface area contributed by atoms with Crippen LogP contribution in [0.3, 0.4) is 0 Å². The Hall–Kier alpha value is -0.570. The molecular weight excluding hydrogens is 256 g/mol. The first-order valence-electron chi connectivity index (χ1n) is 7.43. The van der Waals surface area contributed by atoms with Crippen LogP contribution in [-0.4, -0.2) is 30.1 Å². The molecule has 1 atom stereocenters. The summed E-state index contributed by atoms with van der Waals surface area (Å²) in [5, 5.41) is 4.62. The van der Waals surface area contributed by atoms with Crippen molar-refractivity contribution in [1.29, 1.82) is 0 Å². The van der Waals surface area contributed by atoms with Gasteiger partial charge in [-0.2, -0.15) is 0 Å². The fraction of sp³-hybridized carbons (Fsp3) is 0.625. The molecule has 0 radical (unpaired) electrons. The lowest BCUT2D eigenvalue weighted by Crippen LogP contribution is -2.59. The molecule has 1 aliphatic carbocycles. The third kappa shape index (κ3) is 2.81. The van der Waals surface area contributed by atoms with Gasteiger partial charge in [-0.3, -0.25) is 4.90 Å². The average molecular weight is 279 g/mol. The fourth-order valence-electron chi connectivity index (χ4n) is 3.68. The molecule has 19 heavy (non-hydrogen) atoms. The van der Waals surface area contributed by atoms with Crippen molar-refractivity contribution in [3.05, 3.63) is 34.9 Å². The summed E-state index contributed by atoms with van der Waals surface area (Å²) >= 11 is 6.12. The van der Waals surface area contributed by atoms with Crippen LogP contribution in [0.4, 0.5) is 0 Å². The Balaban J connectivity index is 1.74. The number of nitrogens with one attached hydrogen (secondary N) is 1. The van der Waals surface area contributed by atoms with E-state index in [0.717, 1.165) is 18.1 Å². The Morgan fingerprint density at radius 2 is 2.11 bits per heavy atom. The van der Waals surface area contributed by atoms with E-state index in [1.165, 1.54) is 37.8 Å². The predicted molar refractivity (Wildman–Crippen MR) is 80.6 cm³/mol. The summed E-state index contributed by atoms with van der Waals surface area (Å²) in [6.07, 6.45) is 5.44. The summed E-state index contributed by atoms with van der Waals surface area (Å²) in [5.41, 5.74) is 1.73. The number of rotatable bonds is 2. The molecule has 1 heterocycles. The monoisotopic (exact) mass is 278 g/mol. The smallest absolute Gasteiger partial charge is 0.0409 e. The normalized spacial score (nSPS) is 24.7. The lowest BCUT2D eigenvalue weighted by atomic mass is 9.93. The number of benzene rings is 1. The third-order valence-corrected chi connectivity index (χ3v) is 5.08. The summed E-state index contributed by atoms with van der Waals surface area (Å²) in [5.74, 6) is 0. The minimum atomic E-state index is 0.394. The molecule has 3 heteroatoms. The summed E-state index contributed by atoms with van der Waals surface area (Å²) in [4.78, 5) is 2.62. The molecule has 1 spiro atoms. The van der Waals surface area contributed by atoms with E-state index >= 15 is 0 Å². The number of hydrogen-bond donors (Lipinski definition) is 1. The van der Waals surface area contributed by atoms with Gasteiger partial charge < -0.3 is 5.32 Å². The molecular formula is C16H23ClN2. The zero-order valence-corrected chi connectivity index (χ0v) is 12.4. The molecule has 1 aromatic carbocycles. The minimum Gasteiger partial charge on any atom is -0.309 e. The average Bonchev–Trinajstić information content (AvgIpc) is 2.86. The van der Waals surface area contributed by atoms with E-state index in [-0.39, 0.29) is 0 Å². The standard InChI is InChI=1S/C16H23ClN2/c1-13(14-5-4-6-15(17)11-14)19-10-9-18-16(12-19)7-2-3-8-16/h4-6,11,13,18H,2-3,7-10,12H2,1H3. The van der Waals surface area contributed by atoms with Crippen LogP contribution in [0, 0.1) is 0 Å². The third-order valence-electron chi connectivity index (χ3n) is 4.84. The van der Waals surface area contributed by atoms with E-state index in [4.69, 9.17) is 11.6 Å². The molecule has 1 saturated carbocycles. The lowest BCUT2D eigenvalue weighted by molar-refractivity contribution is 0.101. The minimum absolute atomic E-state index is 0.394. The van der Waals surface area contributed by atoms with Crippen molar-refractivity contribution < 1.29 is 0 Å². The van der Waals surface area contributed by atoms with Gasteiger partial charge in [0.2, 0.25) is 0 Å². The maximum Gasteiger partial charge on any atom is 0.0409 e. The Bertz CT molecular complexity index is 440. The van der Waals surface area contributed by atoms with E-state index in [1.807, 2.05) is 6.07 Å². The fourth-order valence-corrected chi connectivity index (χ4v) is 3.88. The van der Waals surface area contributed by atoms with Crippen LogP contribution in [-0.2, 0) is 0 Å². The molecule has 0 amide bonds. The van der Waals surface area contributed by atoms with Gasteiger partial charge in [0.25, 0.3) is 0 Å². The zero-order valence-electron chi connectivity index (χ0n) is 11.7. The van der Waals surface area contributed by atoms with E-state index in [1.54, 1.807) is 0 Å². The topological polar surface area (TPSA) is 15.3 Å². The predicted octanol–water partition coefficient (Wildman–Crippen LogP) is 3.62. The highest BCUT2D eigenvalue weighted by Crippen LogP contribution is 2.34. The maximum absolute atomic E-state index is 6.12. The molecule has 3 rings (SSSR count). The molecule has 1 aliphatic heterocycles. The molecule has 1 saturated heterocycles. The highest BCUT2D eigenvalue weighted by Gasteiger charge is 2.38. The van der Waals surface area contributed by atoms with Gasteiger partial charge in [0.1, 0.15) is 0 Å². The van der Waals surface area contributed by atoms with Crippen LogP contribution in [0.1, 0.15) is 44.2 Å². The highest BCUT2D eigenvalue weighted by molar-refractivity contribution is 6.30. The Morgan fingerprint density at radius 3 is 2.84 bits per heavy atom. The first-order chi connectivity index (χ1) is 9.19. The van der Waals surface area contributed by atoms with Crippen molar-refractivity contribution in [2.24, 2.45) is 0 Å². The molecule has 2 aliphatic rings. The summed E-state index contributed by atoms with van der Waals surface area (Å²) in [7, 11) is 0. The highest BCUT2D eigenvalue weighted by atomic mass is 35.5. The summed E-state index contributed by atoms with van der Waals surface area (Å²) < 4.78 is 0. The molecule has 104 valence electrons. The first kappa shape index (κ1) is 13.4. The molecule has 2 nitrogen and oxygen atoms in total. The van der Waals surface area contributed by atoms with Crippen LogP contribution in [0.5, 0.6) is 0 Å². The van der Waals surface area contributed by atoms with Crippen molar-refractivity contribution >= 4 is 11.6 Å². The van der Waals surface area contributed by atoms with Gasteiger partial charge in [0.05, 0.1) is 0 Å². The Morgan fingerprint density at radius 1 is 1.32 bits per heavy atom. The molecule has 0 bridgehead atoms. The molecule has 2 fully saturated rings. The van der Waals surface area contributed by atoms with Crippen LogP contribution < -0.4 is 5.32 Å². The van der Waals surface area contributed by atoms with E-state index in [0.29, 0.717) is 11.6 Å². The summed E-state index contributed by atoms with van der Waals surface area (Å²) in [6.45, 7) is 5.74. The van der Waals surface area contributed by atoms with Gasteiger partial charge in [-0.1, -0.05) is 36.6 Å². The van der Waals surface area contributed by atoms with Gasteiger partial charge in [-0.05, 0) is 37.5 Å². The van der Waals surface area contributed by atoms with E-state index < -0.39 is 0 Å². The van der Waals surface area contributed by atoms with E-state index in [2.05, 4.69) is 35.3 Å². The van der Waals surface area contributed by atoms with Crippen molar-refractivity contribution in [2.45, 2.75) is 44.2 Å². The Kier molecular flexibility index (Phi) is 3.84. The largest absolute Gasteiger partial charge is 0.309 e. The molecule has 1 unspecified atom stereocenters. The van der Waals surface area contributed by atoms with Crippen LogP contribution in [0.15, 0.2) is 24.3 Å². The van der Waals surface area contributed by atoms with Crippen LogP contribution >= 0.6 is 11.6 Å². The number of halogens is 1. The molecule has 1 N–H and O–H groups in total. The number of piperazine rings is 1.